The number of alkyl halides is 3. The number of hydrogen-bond donors (Lipinski definition) is 3. The lowest BCUT2D eigenvalue weighted by Crippen LogP contribution is -2.40. The topological polar surface area (TPSA) is 52.5 Å². The van der Waals surface area contributed by atoms with Crippen LogP contribution in [0.2, 0.25) is 0 Å². The van der Waals surface area contributed by atoms with Crippen molar-refractivity contribution in [1.82, 2.24) is 9.47 Å². The van der Waals surface area contributed by atoms with E-state index in [0.717, 1.165) is 47.6 Å². The highest BCUT2D eigenvalue weighted by atomic mass is 32.2. The normalized spacial score (nSPS) is 15.0. The number of aliphatic hydroxyl groups excluding tert-OH is 1. The van der Waals surface area contributed by atoms with Crippen molar-refractivity contribution < 1.29 is 18.3 Å². The first-order valence-electron chi connectivity index (χ1n) is 12.0. The van der Waals surface area contributed by atoms with Gasteiger partial charge in [-0.2, -0.15) is 13.2 Å². The molecule has 0 spiro atoms. The van der Waals surface area contributed by atoms with Crippen LogP contribution in [0.4, 0.5) is 24.5 Å². The maximum absolute atomic E-state index is 13.4. The van der Waals surface area contributed by atoms with Crippen molar-refractivity contribution in [3.8, 4) is 11.8 Å². The molecule has 192 valence electrons. The number of nitrogens with zero attached hydrogens (tertiary/aromatic N) is 2. The summed E-state index contributed by atoms with van der Waals surface area (Å²) in [5.41, 5.74) is 2.59. The Hall–Kier alpha value is -2.80. The van der Waals surface area contributed by atoms with Gasteiger partial charge in [-0.1, -0.05) is 12.0 Å². The predicted octanol–water partition coefficient (Wildman–Crippen LogP) is 5.26. The molecule has 4 rings (SSSR count). The van der Waals surface area contributed by atoms with Gasteiger partial charge in [-0.3, -0.25) is 0 Å². The second-order valence-corrected chi connectivity index (χ2v) is 9.72. The number of likely N-dealkylation sites (tertiary alicyclic amines) is 1. The summed E-state index contributed by atoms with van der Waals surface area (Å²) in [6.45, 7) is 1.81. The molecule has 1 aliphatic rings. The number of thioether (sulfide) groups is 1. The van der Waals surface area contributed by atoms with Crippen LogP contribution in [-0.4, -0.2) is 65.8 Å². The van der Waals surface area contributed by atoms with E-state index in [2.05, 4.69) is 27.4 Å². The quantitative estimate of drug-likeness (QED) is 0.282. The van der Waals surface area contributed by atoms with E-state index in [4.69, 9.17) is 5.11 Å². The van der Waals surface area contributed by atoms with E-state index in [1.807, 2.05) is 36.6 Å². The van der Waals surface area contributed by atoms with Gasteiger partial charge in [0.2, 0.25) is 0 Å². The maximum Gasteiger partial charge on any atom is 0.406 e. The second kappa shape index (κ2) is 12.0. The zero-order chi connectivity index (χ0) is 25.5. The Balaban J connectivity index is 1.53. The summed E-state index contributed by atoms with van der Waals surface area (Å²) in [5, 5.41) is 16.6. The van der Waals surface area contributed by atoms with Crippen molar-refractivity contribution >= 4 is 34.0 Å². The van der Waals surface area contributed by atoms with Gasteiger partial charge in [0.05, 0.1) is 24.4 Å². The van der Waals surface area contributed by atoms with Crippen LogP contribution in [0.5, 0.6) is 0 Å². The Morgan fingerprint density at radius 3 is 2.53 bits per heavy atom. The first-order valence-corrected chi connectivity index (χ1v) is 13.2. The standard InChI is InChI=1S/C27H31F3N4OS/c1-36-23-9-7-20(8-10-23)31-13-3-4-22-18-24-25(32-21-11-14-33(15-12-21)16-17-35)5-2-6-26(24)34(22)19-27(28,29)30/h2,5-10,18,21,31-32,35H,11-17,19H2,1H3. The van der Waals surface area contributed by atoms with Gasteiger partial charge < -0.3 is 25.2 Å². The molecule has 0 radical (unpaired) electrons. The molecule has 3 aromatic rings. The highest BCUT2D eigenvalue weighted by Gasteiger charge is 2.30. The molecule has 2 aromatic carbocycles. The fraction of sp³-hybridized carbons (Fsp3) is 0.407. The SMILES string of the molecule is CSc1ccc(NCC#Cc2cc3c(NC4CCN(CCO)CC4)cccc3n2CC(F)(F)F)cc1. The molecule has 0 amide bonds. The molecule has 1 saturated heterocycles. The van der Waals surface area contributed by atoms with Gasteiger partial charge in [0.25, 0.3) is 0 Å². The lowest BCUT2D eigenvalue weighted by molar-refractivity contribution is -0.140. The van der Waals surface area contributed by atoms with Crippen molar-refractivity contribution in [3.05, 3.63) is 54.2 Å². The lowest BCUT2D eigenvalue weighted by Gasteiger charge is -2.32. The summed E-state index contributed by atoms with van der Waals surface area (Å²) >= 11 is 1.66. The largest absolute Gasteiger partial charge is 0.406 e. The monoisotopic (exact) mass is 516 g/mol. The third-order valence-electron chi connectivity index (χ3n) is 6.33. The summed E-state index contributed by atoms with van der Waals surface area (Å²) in [6, 6.07) is 15.3. The van der Waals surface area contributed by atoms with E-state index in [0.29, 0.717) is 24.3 Å². The number of benzene rings is 2. The smallest absolute Gasteiger partial charge is 0.395 e. The van der Waals surface area contributed by atoms with Crippen LogP contribution in [0.1, 0.15) is 18.5 Å². The van der Waals surface area contributed by atoms with E-state index >= 15 is 0 Å². The predicted molar refractivity (Wildman–Crippen MR) is 142 cm³/mol. The fourth-order valence-corrected chi connectivity index (χ4v) is 4.92. The molecule has 0 saturated carbocycles. The van der Waals surface area contributed by atoms with Crippen LogP contribution in [0, 0.1) is 11.8 Å². The molecule has 0 aliphatic carbocycles. The van der Waals surface area contributed by atoms with E-state index < -0.39 is 12.7 Å². The molecule has 36 heavy (non-hydrogen) atoms. The van der Waals surface area contributed by atoms with Gasteiger partial charge in [-0.15, -0.1) is 11.8 Å². The number of β-amino-alcohol motifs (C(OH)–C–C–N with tert-alkyl or cyclic N) is 1. The van der Waals surface area contributed by atoms with Crippen molar-refractivity contribution in [3.63, 3.8) is 0 Å². The van der Waals surface area contributed by atoms with E-state index in [-0.39, 0.29) is 12.6 Å². The highest BCUT2D eigenvalue weighted by Crippen LogP contribution is 2.31. The number of aromatic nitrogens is 1. The van der Waals surface area contributed by atoms with Crippen LogP contribution >= 0.6 is 11.8 Å². The van der Waals surface area contributed by atoms with Crippen molar-refractivity contribution in [2.45, 2.75) is 36.5 Å². The zero-order valence-corrected chi connectivity index (χ0v) is 21.1. The summed E-state index contributed by atoms with van der Waals surface area (Å²) in [5.74, 6) is 5.94. The molecule has 0 atom stereocenters. The van der Waals surface area contributed by atoms with E-state index in [9.17, 15) is 13.2 Å². The third-order valence-corrected chi connectivity index (χ3v) is 7.08. The summed E-state index contributed by atoms with van der Waals surface area (Å²) in [7, 11) is 0. The number of hydrogen-bond acceptors (Lipinski definition) is 5. The zero-order valence-electron chi connectivity index (χ0n) is 20.2. The van der Waals surface area contributed by atoms with Crippen LogP contribution in [0.25, 0.3) is 10.9 Å². The second-order valence-electron chi connectivity index (χ2n) is 8.84. The van der Waals surface area contributed by atoms with Gasteiger partial charge >= 0.3 is 6.18 Å². The Bertz CT molecular complexity index is 1210. The number of rotatable bonds is 8. The first-order chi connectivity index (χ1) is 17.4. The number of anilines is 2. The van der Waals surface area contributed by atoms with Crippen molar-refractivity contribution in [1.29, 1.82) is 0 Å². The van der Waals surface area contributed by atoms with Gasteiger partial charge in [-0.25, -0.2) is 0 Å². The summed E-state index contributed by atoms with van der Waals surface area (Å²) in [6.07, 6.45) is -0.523. The maximum atomic E-state index is 13.4. The fourth-order valence-electron chi connectivity index (χ4n) is 4.52. The summed E-state index contributed by atoms with van der Waals surface area (Å²) in [4.78, 5) is 3.38. The summed E-state index contributed by atoms with van der Waals surface area (Å²) < 4.78 is 41.6. The minimum absolute atomic E-state index is 0.147. The van der Waals surface area contributed by atoms with Crippen molar-refractivity contribution in [2.75, 3.05) is 49.7 Å². The molecule has 2 heterocycles. The van der Waals surface area contributed by atoms with Gasteiger partial charge in [-0.05, 0) is 67.5 Å². The Kier molecular flexibility index (Phi) is 8.72. The highest BCUT2D eigenvalue weighted by molar-refractivity contribution is 7.98. The average molecular weight is 517 g/mol. The van der Waals surface area contributed by atoms with Gasteiger partial charge in [0.1, 0.15) is 6.54 Å². The molecule has 5 nitrogen and oxygen atoms in total. The minimum Gasteiger partial charge on any atom is -0.395 e. The number of halogens is 3. The van der Waals surface area contributed by atoms with Crippen molar-refractivity contribution in [2.24, 2.45) is 0 Å². The number of fused-ring (bicyclic) bond motifs is 1. The molecule has 0 bridgehead atoms. The Labute approximate surface area is 214 Å². The number of nitrogens with one attached hydrogen (secondary N) is 2. The van der Waals surface area contributed by atoms with Gasteiger partial charge in [0, 0.05) is 47.3 Å². The molecule has 3 N–H and O–H groups in total. The van der Waals surface area contributed by atoms with Gasteiger partial charge in [0.15, 0.2) is 0 Å². The Morgan fingerprint density at radius 2 is 1.86 bits per heavy atom. The molecular formula is C27H31F3N4OS. The van der Waals surface area contributed by atoms with Crippen LogP contribution in [-0.2, 0) is 6.54 Å². The first kappa shape index (κ1) is 26.3. The molecule has 0 unspecified atom stereocenters. The van der Waals surface area contributed by atoms with Crippen LogP contribution in [0.3, 0.4) is 0 Å². The molecular weight excluding hydrogens is 485 g/mol. The third kappa shape index (κ3) is 6.90. The molecule has 9 heteroatoms. The van der Waals surface area contributed by atoms with E-state index in [1.54, 1.807) is 30.0 Å². The average Bonchev–Trinajstić information content (AvgIpc) is 3.20. The van der Waals surface area contributed by atoms with E-state index in [1.165, 1.54) is 4.57 Å². The molecule has 1 aromatic heterocycles. The van der Waals surface area contributed by atoms with Crippen LogP contribution in [0.15, 0.2) is 53.4 Å². The Morgan fingerprint density at radius 1 is 1.11 bits per heavy atom. The number of aliphatic hydroxyl groups is 1. The minimum atomic E-state index is -4.36. The lowest BCUT2D eigenvalue weighted by atomic mass is 10.0. The molecule has 1 aliphatic heterocycles. The van der Waals surface area contributed by atoms with Crippen LogP contribution < -0.4 is 10.6 Å². The number of piperidine rings is 1. The molecule has 1 fully saturated rings.